The van der Waals surface area contributed by atoms with Gasteiger partial charge in [0.25, 0.3) is 0 Å². The molecule has 0 aromatic heterocycles. The number of ether oxygens (including phenoxy) is 3. The van der Waals surface area contributed by atoms with Crippen LogP contribution < -0.4 is 14.2 Å². The summed E-state index contributed by atoms with van der Waals surface area (Å²) in [5.74, 6) is 2.95. The van der Waals surface area contributed by atoms with E-state index in [0.29, 0.717) is 47.6 Å². The number of halogens is 2. The van der Waals surface area contributed by atoms with Crippen molar-refractivity contribution in [3.63, 3.8) is 0 Å². The molecular formula is C50H68Cl2O5. The standard InChI is InChI=1S/C50H68Cl2O5/c1-3-5-7-9-11-13-15-17-19-21-31-55-45-27-23-39(47(51)37-45)33-41-35-43(53)25-29-49(41)57-50-30-26-44(54)36-42(50)34-40-24-28-46(38-48(40)52)56-32-22-20-18-16-14-12-10-8-6-4-2/h23-30,35-38,53-54H,3-22,31-34H2,1-2H3. The van der Waals surface area contributed by atoms with Crippen molar-refractivity contribution in [2.24, 2.45) is 0 Å². The van der Waals surface area contributed by atoms with Crippen molar-refractivity contribution in [2.45, 2.75) is 155 Å². The number of unbranched alkanes of at least 4 members (excludes halogenated alkanes) is 18. The third-order valence-corrected chi connectivity index (χ3v) is 11.4. The van der Waals surface area contributed by atoms with Crippen LogP contribution in [0.4, 0.5) is 0 Å². The highest BCUT2D eigenvalue weighted by molar-refractivity contribution is 6.31. The predicted octanol–water partition coefficient (Wildman–Crippen LogP) is 16.0. The summed E-state index contributed by atoms with van der Waals surface area (Å²) in [5, 5.41) is 22.1. The van der Waals surface area contributed by atoms with Gasteiger partial charge in [0.15, 0.2) is 0 Å². The van der Waals surface area contributed by atoms with Crippen molar-refractivity contribution in [2.75, 3.05) is 13.2 Å². The largest absolute Gasteiger partial charge is 0.508 e. The van der Waals surface area contributed by atoms with Crippen molar-refractivity contribution in [3.05, 3.63) is 105 Å². The molecule has 4 rings (SSSR count). The van der Waals surface area contributed by atoms with E-state index in [1.165, 1.54) is 116 Å². The molecule has 0 bridgehead atoms. The Hall–Kier alpha value is -3.54. The van der Waals surface area contributed by atoms with Gasteiger partial charge in [-0.25, -0.2) is 0 Å². The van der Waals surface area contributed by atoms with Crippen molar-refractivity contribution >= 4 is 23.2 Å². The summed E-state index contributed by atoms with van der Waals surface area (Å²) in [6.07, 6.45) is 26.6. The monoisotopic (exact) mass is 818 g/mol. The zero-order chi connectivity index (χ0) is 40.5. The summed E-state index contributed by atoms with van der Waals surface area (Å²) in [6, 6.07) is 21.7. The maximum absolute atomic E-state index is 10.4. The summed E-state index contributed by atoms with van der Waals surface area (Å²) in [6.45, 7) is 5.87. The Morgan fingerprint density at radius 2 is 0.754 bits per heavy atom. The third kappa shape index (κ3) is 17.9. The first kappa shape index (κ1) is 46.2. The lowest BCUT2D eigenvalue weighted by atomic mass is 10.0. The van der Waals surface area contributed by atoms with Gasteiger partial charge < -0.3 is 24.4 Å². The molecule has 0 saturated carbocycles. The van der Waals surface area contributed by atoms with E-state index in [0.717, 1.165) is 46.6 Å². The summed E-state index contributed by atoms with van der Waals surface area (Å²) in [4.78, 5) is 0. The quantitative estimate of drug-likeness (QED) is 0.0513. The molecule has 7 heteroatoms. The minimum Gasteiger partial charge on any atom is -0.508 e. The second kappa shape index (κ2) is 27.2. The lowest BCUT2D eigenvalue weighted by molar-refractivity contribution is 0.304. The Morgan fingerprint density at radius 1 is 0.404 bits per heavy atom. The average Bonchev–Trinajstić information content (AvgIpc) is 3.20. The molecule has 2 N–H and O–H groups in total. The van der Waals surface area contributed by atoms with Gasteiger partial charge in [0.1, 0.15) is 34.5 Å². The maximum Gasteiger partial charge on any atom is 0.131 e. The van der Waals surface area contributed by atoms with Crippen LogP contribution in [0.2, 0.25) is 10.0 Å². The van der Waals surface area contributed by atoms with E-state index < -0.39 is 0 Å². The smallest absolute Gasteiger partial charge is 0.131 e. The second-order valence-corrected chi connectivity index (χ2v) is 16.4. The highest BCUT2D eigenvalue weighted by Crippen LogP contribution is 2.37. The van der Waals surface area contributed by atoms with E-state index in [9.17, 15) is 10.2 Å². The van der Waals surface area contributed by atoms with Gasteiger partial charge in [0.2, 0.25) is 0 Å². The lowest BCUT2D eigenvalue weighted by Crippen LogP contribution is -2.00. The van der Waals surface area contributed by atoms with Crippen LogP contribution in [0.25, 0.3) is 0 Å². The van der Waals surface area contributed by atoms with E-state index in [-0.39, 0.29) is 11.5 Å². The molecule has 0 aliphatic heterocycles. The Morgan fingerprint density at radius 3 is 1.11 bits per heavy atom. The van der Waals surface area contributed by atoms with E-state index in [1.54, 1.807) is 36.4 Å². The molecule has 4 aromatic rings. The van der Waals surface area contributed by atoms with Gasteiger partial charge in [-0.1, -0.05) is 165 Å². The van der Waals surface area contributed by atoms with Gasteiger partial charge in [0.05, 0.1) is 13.2 Å². The van der Waals surface area contributed by atoms with Crippen LogP contribution in [0.1, 0.15) is 165 Å². The normalized spacial score (nSPS) is 11.2. The zero-order valence-electron chi connectivity index (χ0n) is 34.8. The van der Waals surface area contributed by atoms with Gasteiger partial charge >= 0.3 is 0 Å². The molecule has 0 aliphatic carbocycles. The second-order valence-electron chi connectivity index (χ2n) is 15.6. The number of benzene rings is 4. The summed E-state index contributed by atoms with van der Waals surface area (Å²) in [5.41, 5.74) is 3.34. The topological polar surface area (TPSA) is 68.2 Å². The van der Waals surface area contributed by atoms with Gasteiger partial charge in [-0.2, -0.15) is 0 Å². The fraction of sp³-hybridized carbons (Fsp3) is 0.520. The van der Waals surface area contributed by atoms with Gasteiger partial charge in [-0.15, -0.1) is 0 Å². The molecule has 0 heterocycles. The molecule has 57 heavy (non-hydrogen) atoms. The zero-order valence-corrected chi connectivity index (χ0v) is 36.3. The molecule has 0 amide bonds. The summed E-state index contributed by atoms with van der Waals surface area (Å²) in [7, 11) is 0. The number of hydrogen-bond donors (Lipinski definition) is 2. The predicted molar refractivity (Wildman–Crippen MR) is 239 cm³/mol. The van der Waals surface area contributed by atoms with Crippen molar-refractivity contribution in [1.82, 2.24) is 0 Å². The first-order valence-corrected chi connectivity index (χ1v) is 22.8. The molecule has 0 saturated heterocycles. The fourth-order valence-electron chi connectivity index (χ4n) is 7.22. The first-order valence-electron chi connectivity index (χ1n) is 22.0. The number of aromatic hydroxyl groups is 2. The Balaban J connectivity index is 1.27. The Kier molecular flexibility index (Phi) is 22.0. The van der Waals surface area contributed by atoms with Crippen molar-refractivity contribution in [1.29, 1.82) is 0 Å². The molecule has 0 fully saturated rings. The molecule has 4 aromatic carbocycles. The van der Waals surface area contributed by atoms with Crippen LogP contribution in [-0.2, 0) is 12.8 Å². The Bertz CT molecular complexity index is 1600. The number of rotatable bonds is 30. The molecular weight excluding hydrogens is 751 g/mol. The molecule has 0 aliphatic rings. The third-order valence-electron chi connectivity index (χ3n) is 10.7. The SMILES string of the molecule is CCCCCCCCCCCCOc1ccc(Cc2cc(O)ccc2Oc2ccc(O)cc2Cc2ccc(OCCCCCCCCCCCC)cc2Cl)c(Cl)c1. The number of hydrogen-bond acceptors (Lipinski definition) is 5. The van der Waals surface area contributed by atoms with Crippen LogP contribution in [0.5, 0.6) is 34.5 Å². The lowest BCUT2D eigenvalue weighted by Gasteiger charge is -2.17. The summed E-state index contributed by atoms with van der Waals surface area (Å²) < 4.78 is 18.6. The molecule has 0 atom stereocenters. The van der Waals surface area contributed by atoms with E-state index in [4.69, 9.17) is 37.4 Å². The number of phenolic OH excluding ortho intramolecular Hbond substituents is 2. The average molecular weight is 820 g/mol. The first-order chi connectivity index (χ1) is 27.9. The minimum atomic E-state index is 0.137. The van der Waals surface area contributed by atoms with E-state index >= 15 is 0 Å². The highest BCUT2D eigenvalue weighted by atomic mass is 35.5. The van der Waals surface area contributed by atoms with Crippen LogP contribution in [0.3, 0.4) is 0 Å². The van der Waals surface area contributed by atoms with E-state index in [2.05, 4.69) is 13.8 Å². The van der Waals surface area contributed by atoms with Crippen LogP contribution >= 0.6 is 23.2 Å². The summed E-state index contributed by atoms with van der Waals surface area (Å²) >= 11 is 13.6. The maximum atomic E-state index is 10.4. The fourth-order valence-corrected chi connectivity index (χ4v) is 7.69. The van der Waals surface area contributed by atoms with Crippen molar-refractivity contribution < 1.29 is 24.4 Å². The van der Waals surface area contributed by atoms with Crippen LogP contribution in [0, 0.1) is 0 Å². The van der Waals surface area contributed by atoms with E-state index in [1.807, 2.05) is 36.4 Å². The van der Waals surface area contributed by atoms with Gasteiger partial charge in [-0.3, -0.25) is 0 Å². The molecule has 0 radical (unpaired) electrons. The molecule has 0 unspecified atom stereocenters. The molecule has 5 nitrogen and oxygen atoms in total. The molecule has 0 spiro atoms. The van der Waals surface area contributed by atoms with Gasteiger partial charge in [0, 0.05) is 34.0 Å². The van der Waals surface area contributed by atoms with Crippen LogP contribution in [0.15, 0.2) is 72.8 Å². The van der Waals surface area contributed by atoms with Gasteiger partial charge in [-0.05, 0) is 84.6 Å². The molecule has 312 valence electrons. The van der Waals surface area contributed by atoms with Crippen LogP contribution in [-0.4, -0.2) is 23.4 Å². The number of phenols is 2. The minimum absolute atomic E-state index is 0.137. The Labute approximate surface area is 354 Å². The highest BCUT2D eigenvalue weighted by Gasteiger charge is 2.15. The van der Waals surface area contributed by atoms with Crippen molar-refractivity contribution in [3.8, 4) is 34.5 Å².